The molecular weight excluding hydrogens is 226 g/mol. The number of ether oxygens (including phenoxy) is 1. The second-order valence-corrected chi connectivity index (χ2v) is 5.27. The molecule has 18 heavy (non-hydrogen) atoms. The SMILES string of the molecule is CCn1ccnc1CC(N)C1(OC)CCCCC1. The number of rotatable bonds is 5. The Kier molecular flexibility index (Phi) is 4.40. The highest BCUT2D eigenvalue weighted by Gasteiger charge is 2.38. The third-order valence-corrected chi connectivity index (χ3v) is 4.33. The molecule has 1 unspecified atom stereocenters. The molecule has 0 bridgehead atoms. The van der Waals surface area contributed by atoms with Gasteiger partial charge in [-0.15, -0.1) is 0 Å². The molecule has 102 valence electrons. The fourth-order valence-electron chi connectivity index (χ4n) is 3.08. The normalized spacial score (nSPS) is 20.8. The van der Waals surface area contributed by atoms with Gasteiger partial charge in [0.1, 0.15) is 5.82 Å². The second kappa shape index (κ2) is 5.85. The predicted octanol–water partition coefficient (Wildman–Crippen LogP) is 2.12. The van der Waals surface area contributed by atoms with E-state index < -0.39 is 0 Å². The maximum absolute atomic E-state index is 6.43. The van der Waals surface area contributed by atoms with E-state index in [-0.39, 0.29) is 11.6 Å². The minimum atomic E-state index is -0.136. The van der Waals surface area contributed by atoms with Crippen LogP contribution in [0.3, 0.4) is 0 Å². The number of nitrogens with zero attached hydrogens (tertiary/aromatic N) is 2. The number of methoxy groups -OCH3 is 1. The van der Waals surface area contributed by atoms with E-state index in [4.69, 9.17) is 10.5 Å². The summed E-state index contributed by atoms with van der Waals surface area (Å²) in [4.78, 5) is 4.41. The molecule has 1 aliphatic carbocycles. The number of hydrogen-bond donors (Lipinski definition) is 1. The first-order chi connectivity index (χ1) is 8.72. The van der Waals surface area contributed by atoms with Crippen molar-refractivity contribution in [2.45, 2.75) is 63.6 Å². The van der Waals surface area contributed by atoms with Crippen molar-refractivity contribution in [1.82, 2.24) is 9.55 Å². The van der Waals surface area contributed by atoms with E-state index in [9.17, 15) is 0 Å². The van der Waals surface area contributed by atoms with Gasteiger partial charge in [0, 0.05) is 38.5 Å². The topological polar surface area (TPSA) is 53.1 Å². The lowest BCUT2D eigenvalue weighted by atomic mass is 9.78. The molecule has 2 N–H and O–H groups in total. The van der Waals surface area contributed by atoms with Gasteiger partial charge < -0.3 is 15.0 Å². The molecule has 1 aliphatic rings. The van der Waals surface area contributed by atoms with Crippen LogP contribution in [0.2, 0.25) is 0 Å². The van der Waals surface area contributed by atoms with E-state index in [2.05, 4.69) is 16.5 Å². The lowest BCUT2D eigenvalue weighted by Gasteiger charge is -2.40. The molecule has 1 saturated carbocycles. The Morgan fingerprint density at radius 2 is 2.17 bits per heavy atom. The van der Waals surface area contributed by atoms with Crippen LogP contribution in [-0.2, 0) is 17.7 Å². The largest absolute Gasteiger partial charge is 0.377 e. The van der Waals surface area contributed by atoms with Gasteiger partial charge in [-0.3, -0.25) is 0 Å². The molecule has 1 fully saturated rings. The molecule has 4 nitrogen and oxygen atoms in total. The zero-order valence-electron chi connectivity index (χ0n) is 11.6. The minimum absolute atomic E-state index is 0.0375. The summed E-state index contributed by atoms with van der Waals surface area (Å²) >= 11 is 0. The molecule has 0 amide bonds. The molecule has 2 rings (SSSR count). The van der Waals surface area contributed by atoms with Crippen molar-refractivity contribution in [3.8, 4) is 0 Å². The third-order valence-electron chi connectivity index (χ3n) is 4.33. The predicted molar refractivity (Wildman–Crippen MR) is 72.4 cm³/mol. The van der Waals surface area contributed by atoms with Gasteiger partial charge >= 0.3 is 0 Å². The van der Waals surface area contributed by atoms with Gasteiger partial charge in [-0.1, -0.05) is 19.3 Å². The fraction of sp³-hybridized carbons (Fsp3) is 0.786. The van der Waals surface area contributed by atoms with E-state index in [1.807, 2.05) is 12.4 Å². The Hall–Kier alpha value is -0.870. The van der Waals surface area contributed by atoms with Crippen molar-refractivity contribution in [2.75, 3.05) is 7.11 Å². The van der Waals surface area contributed by atoms with Gasteiger partial charge in [0.25, 0.3) is 0 Å². The maximum atomic E-state index is 6.43. The van der Waals surface area contributed by atoms with Crippen LogP contribution in [0, 0.1) is 0 Å². The molecule has 1 aromatic heterocycles. The minimum Gasteiger partial charge on any atom is -0.377 e. The average Bonchev–Trinajstić information content (AvgIpc) is 2.86. The maximum Gasteiger partial charge on any atom is 0.110 e. The van der Waals surface area contributed by atoms with E-state index in [0.717, 1.165) is 31.6 Å². The van der Waals surface area contributed by atoms with Crippen LogP contribution < -0.4 is 5.73 Å². The molecule has 4 heteroatoms. The van der Waals surface area contributed by atoms with E-state index in [1.54, 1.807) is 7.11 Å². The molecule has 0 aliphatic heterocycles. The Bertz CT molecular complexity index is 369. The van der Waals surface area contributed by atoms with Gasteiger partial charge in [-0.05, 0) is 19.8 Å². The standard InChI is InChI=1S/C14H25N3O/c1-3-17-10-9-16-13(17)11-12(15)14(18-2)7-5-4-6-8-14/h9-10,12H,3-8,11,15H2,1-2H3. The van der Waals surface area contributed by atoms with Crippen LogP contribution >= 0.6 is 0 Å². The molecule has 1 atom stereocenters. The van der Waals surface area contributed by atoms with Gasteiger partial charge in [-0.25, -0.2) is 4.98 Å². The van der Waals surface area contributed by atoms with Gasteiger partial charge in [0.2, 0.25) is 0 Å². The molecule has 0 spiro atoms. The van der Waals surface area contributed by atoms with Crippen molar-refractivity contribution in [2.24, 2.45) is 5.73 Å². The smallest absolute Gasteiger partial charge is 0.110 e. The van der Waals surface area contributed by atoms with Crippen molar-refractivity contribution >= 4 is 0 Å². The van der Waals surface area contributed by atoms with Crippen molar-refractivity contribution in [3.63, 3.8) is 0 Å². The first kappa shape index (κ1) is 13.6. The van der Waals surface area contributed by atoms with Crippen LogP contribution in [0.4, 0.5) is 0 Å². The van der Waals surface area contributed by atoms with E-state index >= 15 is 0 Å². The number of hydrogen-bond acceptors (Lipinski definition) is 3. The van der Waals surface area contributed by atoms with Crippen LogP contribution in [0.25, 0.3) is 0 Å². The van der Waals surface area contributed by atoms with E-state index in [1.165, 1.54) is 19.3 Å². The van der Waals surface area contributed by atoms with Gasteiger partial charge in [-0.2, -0.15) is 0 Å². The first-order valence-corrected chi connectivity index (χ1v) is 7.02. The quantitative estimate of drug-likeness (QED) is 0.872. The highest BCUT2D eigenvalue weighted by atomic mass is 16.5. The molecule has 0 aromatic carbocycles. The number of imidazole rings is 1. The van der Waals surface area contributed by atoms with Crippen LogP contribution in [0.1, 0.15) is 44.9 Å². The zero-order valence-corrected chi connectivity index (χ0v) is 11.6. The lowest BCUT2D eigenvalue weighted by molar-refractivity contribution is -0.0587. The van der Waals surface area contributed by atoms with Crippen LogP contribution in [0.5, 0.6) is 0 Å². The number of nitrogens with two attached hydrogens (primary N) is 1. The fourth-order valence-corrected chi connectivity index (χ4v) is 3.08. The Balaban J connectivity index is 2.07. The zero-order chi connectivity index (χ0) is 13.0. The monoisotopic (exact) mass is 251 g/mol. The highest BCUT2D eigenvalue weighted by molar-refractivity contribution is 5.02. The Morgan fingerprint density at radius 3 is 2.78 bits per heavy atom. The van der Waals surface area contributed by atoms with Crippen LogP contribution in [-0.4, -0.2) is 28.3 Å². The Morgan fingerprint density at radius 1 is 1.44 bits per heavy atom. The average molecular weight is 251 g/mol. The second-order valence-electron chi connectivity index (χ2n) is 5.27. The molecule has 1 heterocycles. The van der Waals surface area contributed by atoms with Gasteiger partial charge in [0.05, 0.1) is 5.60 Å². The molecule has 0 radical (unpaired) electrons. The summed E-state index contributed by atoms with van der Waals surface area (Å²) in [5.74, 6) is 1.08. The first-order valence-electron chi connectivity index (χ1n) is 7.02. The summed E-state index contributed by atoms with van der Waals surface area (Å²) in [5.41, 5.74) is 6.29. The summed E-state index contributed by atoms with van der Waals surface area (Å²) in [7, 11) is 1.80. The van der Waals surface area contributed by atoms with Gasteiger partial charge in [0.15, 0.2) is 0 Å². The molecule has 0 saturated heterocycles. The number of aryl methyl sites for hydroxylation is 1. The van der Waals surface area contributed by atoms with Crippen molar-refractivity contribution < 1.29 is 4.74 Å². The highest BCUT2D eigenvalue weighted by Crippen LogP contribution is 2.34. The lowest BCUT2D eigenvalue weighted by Crippen LogP contribution is -2.52. The van der Waals surface area contributed by atoms with E-state index in [0.29, 0.717) is 0 Å². The van der Waals surface area contributed by atoms with Crippen molar-refractivity contribution in [1.29, 1.82) is 0 Å². The van der Waals surface area contributed by atoms with Crippen molar-refractivity contribution in [3.05, 3.63) is 18.2 Å². The summed E-state index contributed by atoms with van der Waals surface area (Å²) in [6.45, 7) is 3.07. The summed E-state index contributed by atoms with van der Waals surface area (Å²) < 4.78 is 7.96. The summed E-state index contributed by atoms with van der Waals surface area (Å²) in [6.07, 6.45) is 10.6. The summed E-state index contributed by atoms with van der Waals surface area (Å²) in [6, 6.07) is 0.0375. The summed E-state index contributed by atoms with van der Waals surface area (Å²) in [5, 5.41) is 0. The third kappa shape index (κ3) is 2.59. The Labute approximate surface area is 110 Å². The number of aromatic nitrogens is 2. The van der Waals surface area contributed by atoms with Crippen LogP contribution in [0.15, 0.2) is 12.4 Å². The molecule has 1 aromatic rings. The molecular formula is C14H25N3O.